The Morgan fingerprint density at radius 1 is 1.13 bits per heavy atom. The van der Waals surface area contributed by atoms with E-state index in [0.29, 0.717) is 31.8 Å². The van der Waals surface area contributed by atoms with Crippen molar-refractivity contribution in [1.82, 2.24) is 15.2 Å². The van der Waals surface area contributed by atoms with Gasteiger partial charge in [-0.2, -0.15) is 0 Å². The van der Waals surface area contributed by atoms with E-state index in [1.807, 2.05) is 30.3 Å². The predicted octanol–water partition coefficient (Wildman–Crippen LogP) is 1.93. The number of carbonyl (C=O) groups excluding carboxylic acids is 2. The van der Waals surface area contributed by atoms with Crippen LogP contribution in [0.4, 0.5) is 0 Å². The van der Waals surface area contributed by atoms with Crippen LogP contribution < -0.4 is 16.2 Å². The number of hydrogen-bond acceptors (Lipinski definition) is 5. The molecule has 1 aromatic heterocycles. The van der Waals surface area contributed by atoms with Gasteiger partial charge in [0.25, 0.3) is 11.5 Å². The minimum Gasteiger partial charge on any atom is -0.467 e. The standard InChI is InChI=1S/C22H28N4O4/c1-16(23)24-13-7-6-12-19(22(29)30-2)25-20(27)18-11-8-14-26(21(18)28)15-17-9-4-3-5-10-17/h3-5,8-11,14,19H,6-7,12-13,15H2,1-2H3,(H2,23,24)(H,25,27)/t19-/m0/s1. The summed E-state index contributed by atoms with van der Waals surface area (Å²) in [6.45, 7) is 2.61. The fourth-order valence-corrected chi connectivity index (χ4v) is 2.99. The SMILES string of the molecule is COC(=O)[C@H](CCCCNC(C)=N)NC(=O)c1cccn(Cc2ccccc2)c1=O. The number of rotatable bonds is 10. The molecule has 0 bridgehead atoms. The van der Waals surface area contributed by atoms with Crippen molar-refractivity contribution in [2.45, 2.75) is 38.8 Å². The highest BCUT2D eigenvalue weighted by atomic mass is 16.5. The minimum atomic E-state index is -0.842. The molecule has 0 radical (unpaired) electrons. The van der Waals surface area contributed by atoms with E-state index in [4.69, 9.17) is 10.1 Å². The number of amides is 1. The predicted molar refractivity (Wildman–Crippen MR) is 115 cm³/mol. The van der Waals surface area contributed by atoms with Gasteiger partial charge in [-0.3, -0.25) is 15.0 Å². The number of hydrogen-bond donors (Lipinski definition) is 3. The quantitative estimate of drug-likeness (QED) is 0.239. The van der Waals surface area contributed by atoms with Crippen molar-refractivity contribution in [3.05, 3.63) is 70.1 Å². The van der Waals surface area contributed by atoms with Gasteiger partial charge >= 0.3 is 5.97 Å². The van der Waals surface area contributed by atoms with Gasteiger partial charge in [-0.25, -0.2) is 4.79 Å². The van der Waals surface area contributed by atoms with E-state index >= 15 is 0 Å². The zero-order valence-corrected chi connectivity index (χ0v) is 17.3. The molecule has 160 valence electrons. The first-order valence-corrected chi connectivity index (χ1v) is 9.83. The van der Waals surface area contributed by atoms with Crippen molar-refractivity contribution in [2.24, 2.45) is 0 Å². The Balaban J connectivity index is 2.05. The molecule has 3 N–H and O–H groups in total. The van der Waals surface area contributed by atoms with E-state index in [1.54, 1.807) is 19.2 Å². The van der Waals surface area contributed by atoms with E-state index in [9.17, 15) is 14.4 Å². The van der Waals surface area contributed by atoms with Gasteiger partial charge < -0.3 is 19.9 Å². The molecule has 0 fully saturated rings. The number of unbranched alkanes of at least 4 members (excludes halogenated alkanes) is 1. The topological polar surface area (TPSA) is 113 Å². The maximum Gasteiger partial charge on any atom is 0.328 e. The lowest BCUT2D eigenvalue weighted by atomic mass is 10.1. The van der Waals surface area contributed by atoms with E-state index in [1.165, 1.54) is 17.7 Å². The van der Waals surface area contributed by atoms with Crippen LogP contribution in [0.25, 0.3) is 0 Å². The smallest absolute Gasteiger partial charge is 0.328 e. The molecular weight excluding hydrogens is 384 g/mol. The highest BCUT2D eigenvalue weighted by Crippen LogP contribution is 2.05. The first-order valence-electron chi connectivity index (χ1n) is 9.83. The number of aromatic nitrogens is 1. The fraction of sp³-hybridized carbons (Fsp3) is 0.364. The lowest BCUT2D eigenvalue weighted by Crippen LogP contribution is -2.43. The molecule has 0 unspecified atom stereocenters. The third-order valence-electron chi connectivity index (χ3n) is 4.56. The maximum atomic E-state index is 12.8. The fourth-order valence-electron chi connectivity index (χ4n) is 2.99. The van der Waals surface area contributed by atoms with Crippen molar-refractivity contribution in [2.75, 3.05) is 13.7 Å². The molecule has 2 rings (SSSR count). The number of esters is 1. The van der Waals surface area contributed by atoms with Gasteiger partial charge in [0.05, 0.1) is 19.5 Å². The molecule has 0 aliphatic heterocycles. The van der Waals surface area contributed by atoms with Crippen molar-refractivity contribution < 1.29 is 14.3 Å². The highest BCUT2D eigenvalue weighted by Gasteiger charge is 2.23. The molecule has 8 heteroatoms. The molecule has 1 heterocycles. The summed E-state index contributed by atoms with van der Waals surface area (Å²) in [6.07, 6.45) is 3.38. The summed E-state index contributed by atoms with van der Waals surface area (Å²) >= 11 is 0. The molecule has 30 heavy (non-hydrogen) atoms. The van der Waals surface area contributed by atoms with Gasteiger partial charge in [-0.05, 0) is 43.9 Å². The maximum absolute atomic E-state index is 12.8. The Morgan fingerprint density at radius 2 is 1.87 bits per heavy atom. The molecule has 0 aliphatic rings. The number of methoxy groups -OCH3 is 1. The molecule has 1 atom stereocenters. The van der Waals surface area contributed by atoms with Crippen LogP contribution >= 0.6 is 0 Å². The minimum absolute atomic E-state index is 0.0246. The summed E-state index contributed by atoms with van der Waals surface area (Å²) in [5.41, 5.74) is 0.495. The Labute approximate surface area is 175 Å². The molecular formula is C22H28N4O4. The average molecular weight is 412 g/mol. The van der Waals surface area contributed by atoms with Crippen LogP contribution in [0, 0.1) is 5.41 Å². The van der Waals surface area contributed by atoms with Crippen molar-refractivity contribution in [1.29, 1.82) is 5.41 Å². The number of ether oxygens (including phenoxy) is 1. The zero-order valence-electron chi connectivity index (χ0n) is 17.3. The number of nitrogens with one attached hydrogen (secondary N) is 3. The summed E-state index contributed by atoms with van der Waals surface area (Å²) in [5, 5.41) is 12.9. The number of amidine groups is 1. The Morgan fingerprint density at radius 3 is 2.53 bits per heavy atom. The number of carbonyl (C=O) groups is 2. The molecule has 0 aliphatic carbocycles. The third kappa shape index (κ3) is 6.88. The van der Waals surface area contributed by atoms with Crippen molar-refractivity contribution >= 4 is 17.7 Å². The van der Waals surface area contributed by atoms with E-state index in [2.05, 4.69) is 10.6 Å². The van der Waals surface area contributed by atoms with Crippen molar-refractivity contribution in [3.8, 4) is 0 Å². The Bertz CT molecular complexity index is 924. The molecule has 8 nitrogen and oxygen atoms in total. The summed E-state index contributed by atoms with van der Waals surface area (Å²) in [7, 11) is 1.26. The molecule has 2 aromatic rings. The van der Waals surface area contributed by atoms with Crippen LogP contribution in [0.1, 0.15) is 42.1 Å². The molecule has 0 saturated heterocycles. The van der Waals surface area contributed by atoms with Gasteiger partial charge in [0.2, 0.25) is 0 Å². The monoisotopic (exact) mass is 412 g/mol. The second-order valence-corrected chi connectivity index (χ2v) is 6.94. The van der Waals surface area contributed by atoms with E-state index < -0.39 is 23.5 Å². The van der Waals surface area contributed by atoms with Gasteiger partial charge in [-0.1, -0.05) is 30.3 Å². The Kier molecular flexibility index (Phi) is 8.80. The summed E-state index contributed by atoms with van der Waals surface area (Å²) < 4.78 is 6.25. The van der Waals surface area contributed by atoms with E-state index in [-0.39, 0.29) is 5.56 Å². The van der Waals surface area contributed by atoms with Crippen molar-refractivity contribution in [3.63, 3.8) is 0 Å². The summed E-state index contributed by atoms with van der Waals surface area (Å²) in [4.78, 5) is 37.5. The average Bonchev–Trinajstić information content (AvgIpc) is 2.74. The lowest BCUT2D eigenvalue weighted by molar-refractivity contribution is -0.143. The van der Waals surface area contributed by atoms with Gasteiger partial charge in [0, 0.05) is 12.7 Å². The van der Waals surface area contributed by atoms with Gasteiger partial charge in [0.1, 0.15) is 11.6 Å². The van der Waals surface area contributed by atoms with Crippen LogP contribution in [0.15, 0.2) is 53.5 Å². The van der Waals surface area contributed by atoms with E-state index in [0.717, 1.165) is 12.0 Å². The van der Waals surface area contributed by atoms with Crippen LogP contribution in [-0.2, 0) is 16.1 Å². The first kappa shape index (κ1) is 22.9. The lowest BCUT2D eigenvalue weighted by Gasteiger charge is -2.17. The first-order chi connectivity index (χ1) is 14.4. The second-order valence-electron chi connectivity index (χ2n) is 6.94. The van der Waals surface area contributed by atoms with Crippen LogP contribution in [-0.4, -0.2) is 42.0 Å². The highest BCUT2D eigenvalue weighted by molar-refractivity contribution is 5.96. The molecule has 1 aromatic carbocycles. The molecule has 1 amide bonds. The largest absolute Gasteiger partial charge is 0.467 e. The van der Waals surface area contributed by atoms with Gasteiger partial charge in [-0.15, -0.1) is 0 Å². The third-order valence-corrected chi connectivity index (χ3v) is 4.56. The summed E-state index contributed by atoms with van der Waals surface area (Å²) in [5.74, 6) is -0.782. The van der Waals surface area contributed by atoms with Crippen LogP contribution in [0.2, 0.25) is 0 Å². The normalized spacial score (nSPS) is 11.4. The molecule has 0 saturated carbocycles. The Hall–Kier alpha value is -3.42. The number of nitrogens with zero attached hydrogens (tertiary/aromatic N) is 1. The second kappa shape index (κ2) is 11.5. The number of pyridine rings is 1. The summed E-state index contributed by atoms with van der Waals surface area (Å²) in [6, 6.07) is 11.7. The molecule has 0 spiro atoms. The van der Waals surface area contributed by atoms with Gasteiger partial charge in [0.15, 0.2) is 0 Å². The number of benzene rings is 1. The zero-order chi connectivity index (χ0) is 21.9. The van der Waals surface area contributed by atoms with Crippen LogP contribution in [0.5, 0.6) is 0 Å². The van der Waals surface area contributed by atoms with Crippen LogP contribution in [0.3, 0.4) is 0 Å².